The van der Waals surface area contributed by atoms with Crippen molar-refractivity contribution < 1.29 is 13.6 Å². The van der Waals surface area contributed by atoms with Gasteiger partial charge in [-0.05, 0) is 13.8 Å². The highest BCUT2D eigenvalue weighted by Gasteiger charge is 2.66. The molecule has 0 aliphatic carbocycles. The van der Waals surface area contributed by atoms with Gasteiger partial charge in [-0.1, -0.05) is 0 Å². The van der Waals surface area contributed by atoms with E-state index in [1.807, 2.05) is 13.8 Å². The lowest BCUT2D eigenvalue weighted by Gasteiger charge is -2.50. The standard InChI is InChI=1S/C11H18F2N2O/c1-8(2)14-4-10(11(12,13)7-14)5-15(6-10)9(3)16/h8H,4-7H2,1-3H3. The fourth-order valence-corrected chi connectivity index (χ4v) is 2.59. The van der Waals surface area contributed by atoms with Crippen LogP contribution in [0.15, 0.2) is 0 Å². The number of carbonyl (C=O) groups excluding carboxylic acids is 1. The molecular formula is C11H18F2N2O. The molecule has 0 N–H and O–H groups in total. The first-order chi connectivity index (χ1) is 7.27. The lowest BCUT2D eigenvalue weighted by Crippen LogP contribution is -2.65. The molecular weight excluding hydrogens is 214 g/mol. The Balaban J connectivity index is 2.09. The summed E-state index contributed by atoms with van der Waals surface area (Å²) in [6, 6.07) is 0.136. The molecule has 0 aromatic heterocycles. The van der Waals surface area contributed by atoms with Gasteiger partial charge < -0.3 is 4.90 Å². The van der Waals surface area contributed by atoms with E-state index >= 15 is 0 Å². The van der Waals surface area contributed by atoms with Crippen LogP contribution in [0.1, 0.15) is 20.8 Å². The molecule has 3 nitrogen and oxygen atoms in total. The van der Waals surface area contributed by atoms with Crippen LogP contribution in [-0.4, -0.2) is 53.9 Å². The summed E-state index contributed by atoms with van der Waals surface area (Å²) in [5.41, 5.74) is -0.983. The van der Waals surface area contributed by atoms with Crippen LogP contribution >= 0.6 is 0 Å². The molecule has 2 aliphatic rings. The number of nitrogens with zero attached hydrogens (tertiary/aromatic N) is 2. The van der Waals surface area contributed by atoms with Crippen LogP contribution in [-0.2, 0) is 4.79 Å². The lowest BCUT2D eigenvalue weighted by molar-refractivity contribution is -0.171. The summed E-state index contributed by atoms with van der Waals surface area (Å²) in [7, 11) is 0. The van der Waals surface area contributed by atoms with E-state index < -0.39 is 11.3 Å². The second-order valence-corrected chi connectivity index (χ2v) is 5.36. The molecule has 0 unspecified atom stereocenters. The zero-order chi connectivity index (χ0) is 12.1. The van der Waals surface area contributed by atoms with E-state index in [0.29, 0.717) is 6.54 Å². The molecule has 2 rings (SSSR count). The van der Waals surface area contributed by atoms with Gasteiger partial charge in [0.25, 0.3) is 5.92 Å². The minimum absolute atomic E-state index is 0.107. The molecule has 0 radical (unpaired) electrons. The third-order valence-corrected chi connectivity index (χ3v) is 3.85. The van der Waals surface area contributed by atoms with Gasteiger partial charge in [0.1, 0.15) is 0 Å². The van der Waals surface area contributed by atoms with E-state index in [1.54, 1.807) is 4.90 Å². The van der Waals surface area contributed by atoms with E-state index in [9.17, 15) is 13.6 Å². The summed E-state index contributed by atoms with van der Waals surface area (Å²) in [5, 5.41) is 0. The van der Waals surface area contributed by atoms with Crippen molar-refractivity contribution in [2.75, 3.05) is 26.2 Å². The highest BCUT2D eigenvalue weighted by atomic mass is 19.3. The molecule has 92 valence electrons. The molecule has 0 atom stereocenters. The molecule has 2 heterocycles. The van der Waals surface area contributed by atoms with Gasteiger partial charge >= 0.3 is 0 Å². The van der Waals surface area contributed by atoms with E-state index in [-0.39, 0.29) is 31.6 Å². The number of amides is 1. The van der Waals surface area contributed by atoms with Crippen LogP contribution in [0.2, 0.25) is 0 Å². The Morgan fingerprint density at radius 3 is 2.12 bits per heavy atom. The molecule has 2 saturated heterocycles. The maximum atomic E-state index is 13.9. The van der Waals surface area contributed by atoms with Crippen molar-refractivity contribution >= 4 is 5.91 Å². The Kier molecular flexibility index (Phi) is 2.49. The topological polar surface area (TPSA) is 23.6 Å². The number of likely N-dealkylation sites (tertiary alicyclic amines) is 2. The van der Waals surface area contributed by atoms with Gasteiger partial charge in [-0.2, -0.15) is 0 Å². The molecule has 1 spiro atoms. The Bertz CT molecular complexity index is 311. The summed E-state index contributed by atoms with van der Waals surface area (Å²) in [4.78, 5) is 14.4. The fraction of sp³-hybridized carbons (Fsp3) is 0.909. The quantitative estimate of drug-likeness (QED) is 0.678. The van der Waals surface area contributed by atoms with Gasteiger partial charge in [-0.3, -0.25) is 9.69 Å². The molecule has 0 saturated carbocycles. The maximum Gasteiger partial charge on any atom is 0.270 e. The molecule has 16 heavy (non-hydrogen) atoms. The van der Waals surface area contributed by atoms with Crippen molar-refractivity contribution in [3.8, 4) is 0 Å². The van der Waals surface area contributed by atoms with Crippen molar-refractivity contribution in [1.82, 2.24) is 9.80 Å². The molecule has 2 fully saturated rings. The second kappa shape index (κ2) is 3.39. The summed E-state index contributed by atoms with van der Waals surface area (Å²) in [6.45, 7) is 5.93. The first kappa shape index (κ1) is 11.8. The molecule has 0 aromatic carbocycles. The van der Waals surface area contributed by atoms with E-state index in [4.69, 9.17) is 0 Å². The van der Waals surface area contributed by atoms with Gasteiger partial charge in [-0.25, -0.2) is 8.78 Å². The third-order valence-electron chi connectivity index (χ3n) is 3.85. The molecule has 5 heteroatoms. The fourth-order valence-electron chi connectivity index (χ4n) is 2.59. The molecule has 0 bridgehead atoms. The first-order valence-corrected chi connectivity index (χ1v) is 5.65. The predicted octanol–water partition coefficient (Wildman–Crippen LogP) is 1.19. The summed E-state index contributed by atoms with van der Waals surface area (Å²) < 4.78 is 27.8. The second-order valence-electron chi connectivity index (χ2n) is 5.36. The predicted molar refractivity (Wildman–Crippen MR) is 56.3 cm³/mol. The number of carbonyl (C=O) groups is 1. The van der Waals surface area contributed by atoms with Crippen LogP contribution in [0.25, 0.3) is 0 Å². The van der Waals surface area contributed by atoms with Crippen LogP contribution in [0.3, 0.4) is 0 Å². The van der Waals surface area contributed by atoms with Gasteiger partial charge in [0.05, 0.1) is 12.0 Å². The number of rotatable bonds is 1. The molecule has 0 aromatic rings. The lowest BCUT2D eigenvalue weighted by atomic mass is 9.76. The smallest absolute Gasteiger partial charge is 0.270 e. The Hall–Kier alpha value is -0.710. The zero-order valence-electron chi connectivity index (χ0n) is 9.96. The third kappa shape index (κ3) is 1.52. The summed E-state index contributed by atoms with van der Waals surface area (Å²) in [5.74, 6) is -2.77. The molecule has 2 aliphatic heterocycles. The Morgan fingerprint density at radius 2 is 1.75 bits per heavy atom. The number of hydrogen-bond acceptors (Lipinski definition) is 2. The largest absolute Gasteiger partial charge is 0.341 e. The van der Waals surface area contributed by atoms with Crippen LogP contribution in [0.4, 0.5) is 8.78 Å². The molecule has 1 amide bonds. The minimum Gasteiger partial charge on any atom is -0.341 e. The highest BCUT2D eigenvalue weighted by molar-refractivity contribution is 5.74. The minimum atomic E-state index is -2.66. The average molecular weight is 232 g/mol. The van der Waals surface area contributed by atoms with Crippen molar-refractivity contribution in [3.63, 3.8) is 0 Å². The first-order valence-electron chi connectivity index (χ1n) is 5.65. The van der Waals surface area contributed by atoms with Gasteiger partial charge in [0.2, 0.25) is 5.91 Å². The average Bonchev–Trinajstić information content (AvgIpc) is 2.33. The Labute approximate surface area is 94.4 Å². The maximum absolute atomic E-state index is 13.9. The van der Waals surface area contributed by atoms with E-state index in [2.05, 4.69) is 0 Å². The summed E-state index contributed by atoms with van der Waals surface area (Å²) >= 11 is 0. The van der Waals surface area contributed by atoms with Crippen molar-refractivity contribution in [2.45, 2.75) is 32.7 Å². The highest BCUT2D eigenvalue weighted by Crippen LogP contribution is 2.50. The summed E-state index contributed by atoms with van der Waals surface area (Å²) in [6.07, 6.45) is 0. The van der Waals surface area contributed by atoms with Crippen LogP contribution < -0.4 is 0 Å². The van der Waals surface area contributed by atoms with Crippen LogP contribution in [0.5, 0.6) is 0 Å². The normalized spacial score (nSPS) is 27.5. The van der Waals surface area contributed by atoms with E-state index in [0.717, 1.165) is 0 Å². The van der Waals surface area contributed by atoms with E-state index in [1.165, 1.54) is 11.8 Å². The van der Waals surface area contributed by atoms with Gasteiger partial charge in [0, 0.05) is 32.6 Å². The van der Waals surface area contributed by atoms with Crippen molar-refractivity contribution in [2.24, 2.45) is 5.41 Å². The van der Waals surface area contributed by atoms with Crippen molar-refractivity contribution in [1.29, 1.82) is 0 Å². The zero-order valence-corrected chi connectivity index (χ0v) is 9.96. The monoisotopic (exact) mass is 232 g/mol. The van der Waals surface area contributed by atoms with Gasteiger partial charge in [0.15, 0.2) is 0 Å². The van der Waals surface area contributed by atoms with Crippen LogP contribution in [0, 0.1) is 5.41 Å². The van der Waals surface area contributed by atoms with Crippen molar-refractivity contribution in [3.05, 3.63) is 0 Å². The number of alkyl halides is 2. The van der Waals surface area contributed by atoms with Gasteiger partial charge in [-0.15, -0.1) is 0 Å². The Morgan fingerprint density at radius 1 is 1.19 bits per heavy atom. The number of hydrogen-bond donors (Lipinski definition) is 0. The number of halogens is 2. The SMILES string of the molecule is CC(=O)N1CC2(C1)CN(C(C)C)CC2(F)F.